The number of ether oxygens (including phenoxy) is 5. The van der Waals surface area contributed by atoms with Gasteiger partial charge in [0.25, 0.3) is 0 Å². The molecule has 3 heterocycles. The Morgan fingerprint density at radius 2 is 1.72 bits per heavy atom. The summed E-state index contributed by atoms with van der Waals surface area (Å²) in [5.41, 5.74) is 0. The molecule has 18 heavy (non-hydrogen) atoms. The topological polar surface area (TPSA) is 66.4 Å². The molecule has 6 nitrogen and oxygen atoms in total. The maximum atomic E-state index is 10.4. The number of aliphatic hydroxyl groups excluding tert-OH is 1. The van der Waals surface area contributed by atoms with Crippen molar-refractivity contribution in [1.29, 1.82) is 0 Å². The van der Waals surface area contributed by atoms with Crippen LogP contribution in [0.5, 0.6) is 0 Å². The standard InChI is InChI=1S/C12H20O6/c1-10(2)14-5-7-8(17-10)9(13)12(16-7)6-15-11(3,4)18-12/h7-9,13H,5-6H2,1-4H3/t7?,8?,9?,12-/m1/s1. The van der Waals surface area contributed by atoms with Crippen molar-refractivity contribution in [2.75, 3.05) is 13.2 Å². The Labute approximate surface area is 106 Å². The van der Waals surface area contributed by atoms with Gasteiger partial charge in [0.15, 0.2) is 11.6 Å². The second-order valence-corrected chi connectivity index (χ2v) is 6.00. The lowest BCUT2D eigenvalue weighted by Crippen LogP contribution is -2.52. The molecule has 1 spiro atoms. The van der Waals surface area contributed by atoms with Crippen LogP contribution in [0.4, 0.5) is 0 Å². The molecule has 0 aromatic rings. The molecule has 3 unspecified atom stereocenters. The minimum absolute atomic E-state index is 0.192. The molecule has 0 amide bonds. The first kappa shape index (κ1) is 12.8. The number of hydrogen-bond donors (Lipinski definition) is 1. The molecule has 0 aromatic carbocycles. The first-order valence-electron chi connectivity index (χ1n) is 6.25. The third-order valence-corrected chi connectivity index (χ3v) is 3.53. The van der Waals surface area contributed by atoms with Crippen LogP contribution in [-0.4, -0.2) is 54.0 Å². The largest absolute Gasteiger partial charge is 0.385 e. The highest BCUT2D eigenvalue weighted by atomic mass is 16.9. The monoisotopic (exact) mass is 260 g/mol. The molecule has 0 saturated carbocycles. The van der Waals surface area contributed by atoms with Crippen molar-refractivity contribution in [1.82, 2.24) is 0 Å². The molecule has 0 aromatic heterocycles. The molecule has 3 aliphatic heterocycles. The predicted octanol–water partition coefficient (Wildman–Crippen LogP) is 0.377. The van der Waals surface area contributed by atoms with Crippen LogP contribution in [0, 0.1) is 0 Å². The Morgan fingerprint density at radius 1 is 1.00 bits per heavy atom. The smallest absolute Gasteiger partial charge is 0.224 e. The van der Waals surface area contributed by atoms with Crippen LogP contribution in [-0.2, 0) is 23.7 Å². The molecule has 3 aliphatic rings. The van der Waals surface area contributed by atoms with Crippen molar-refractivity contribution in [2.24, 2.45) is 0 Å². The highest BCUT2D eigenvalue weighted by Gasteiger charge is 2.64. The average Bonchev–Trinajstić information content (AvgIpc) is 2.68. The van der Waals surface area contributed by atoms with Gasteiger partial charge in [-0.2, -0.15) is 0 Å². The van der Waals surface area contributed by atoms with E-state index in [1.54, 1.807) is 13.8 Å². The van der Waals surface area contributed by atoms with Crippen molar-refractivity contribution in [3.05, 3.63) is 0 Å². The fourth-order valence-electron chi connectivity index (χ4n) is 2.71. The Bertz CT molecular complexity index is 352. The number of hydrogen-bond acceptors (Lipinski definition) is 6. The molecule has 104 valence electrons. The van der Waals surface area contributed by atoms with Gasteiger partial charge >= 0.3 is 0 Å². The van der Waals surface area contributed by atoms with Crippen LogP contribution < -0.4 is 0 Å². The SMILES string of the molecule is CC1(C)OCC2O[C@@]3(COC(C)(C)O3)C(O)C2O1. The van der Waals surface area contributed by atoms with Crippen molar-refractivity contribution in [3.63, 3.8) is 0 Å². The second kappa shape index (κ2) is 3.65. The summed E-state index contributed by atoms with van der Waals surface area (Å²) in [6, 6.07) is 0. The Kier molecular flexibility index (Phi) is 2.59. The Balaban J connectivity index is 1.82. The first-order valence-corrected chi connectivity index (χ1v) is 6.25. The molecular weight excluding hydrogens is 240 g/mol. The molecule has 3 rings (SSSR count). The maximum Gasteiger partial charge on any atom is 0.224 e. The Hall–Kier alpha value is -0.240. The van der Waals surface area contributed by atoms with Gasteiger partial charge < -0.3 is 28.8 Å². The van der Waals surface area contributed by atoms with Gasteiger partial charge in [-0.3, -0.25) is 0 Å². The van der Waals surface area contributed by atoms with Gasteiger partial charge in [-0.05, 0) is 27.7 Å². The predicted molar refractivity (Wildman–Crippen MR) is 59.6 cm³/mol. The van der Waals surface area contributed by atoms with E-state index in [1.165, 1.54) is 0 Å². The van der Waals surface area contributed by atoms with Crippen LogP contribution in [0.2, 0.25) is 0 Å². The fourth-order valence-corrected chi connectivity index (χ4v) is 2.71. The summed E-state index contributed by atoms with van der Waals surface area (Å²) >= 11 is 0. The molecule has 6 heteroatoms. The summed E-state index contributed by atoms with van der Waals surface area (Å²) in [5, 5.41) is 10.4. The maximum absolute atomic E-state index is 10.4. The van der Waals surface area contributed by atoms with E-state index in [1.807, 2.05) is 13.8 Å². The van der Waals surface area contributed by atoms with Gasteiger partial charge in [-0.1, -0.05) is 0 Å². The lowest BCUT2D eigenvalue weighted by atomic mass is 10.0. The summed E-state index contributed by atoms with van der Waals surface area (Å²) in [4.78, 5) is 0. The summed E-state index contributed by atoms with van der Waals surface area (Å²) in [6.45, 7) is 7.79. The van der Waals surface area contributed by atoms with Crippen molar-refractivity contribution >= 4 is 0 Å². The van der Waals surface area contributed by atoms with E-state index in [0.717, 1.165) is 0 Å². The fraction of sp³-hybridized carbons (Fsp3) is 1.00. The molecule has 3 saturated heterocycles. The van der Waals surface area contributed by atoms with Gasteiger partial charge in [-0.25, -0.2) is 0 Å². The minimum atomic E-state index is -1.14. The molecule has 3 fully saturated rings. The highest BCUT2D eigenvalue weighted by Crippen LogP contribution is 2.45. The highest BCUT2D eigenvalue weighted by molar-refractivity contribution is 5.02. The molecule has 0 aliphatic carbocycles. The van der Waals surface area contributed by atoms with E-state index in [2.05, 4.69) is 0 Å². The van der Waals surface area contributed by atoms with Gasteiger partial charge in [0.05, 0.1) is 6.61 Å². The van der Waals surface area contributed by atoms with Crippen LogP contribution in [0.15, 0.2) is 0 Å². The zero-order chi connectivity index (χ0) is 13.2. The van der Waals surface area contributed by atoms with Gasteiger partial charge in [0.1, 0.15) is 24.9 Å². The van der Waals surface area contributed by atoms with Crippen LogP contribution in [0.25, 0.3) is 0 Å². The van der Waals surface area contributed by atoms with Crippen molar-refractivity contribution in [2.45, 2.75) is 63.4 Å². The van der Waals surface area contributed by atoms with E-state index in [-0.39, 0.29) is 12.7 Å². The third kappa shape index (κ3) is 1.88. The van der Waals surface area contributed by atoms with Crippen LogP contribution >= 0.6 is 0 Å². The molecule has 0 bridgehead atoms. The summed E-state index contributed by atoms with van der Waals surface area (Å²) in [5.74, 6) is -2.61. The zero-order valence-corrected chi connectivity index (χ0v) is 11.1. The molecule has 1 N–H and O–H groups in total. The lowest BCUT2D eigenvalue weighted by molar-refractivity contribution is -0.303. The number of rotatable bonds is 0. The van der Waals surface area contributed by atoms with Gasteiger partial charge in [-0.15, -0.1) is 0 Å². The zero-order valence-electron chi connectivity index (χ0n) is 11.1. The van der Waals surface area contributed by atoms with Gasteiger partial charge in [0.2, 0.25) is 5.79 Å². The second-order valence-electron chi connectivity index (χ2n) is 6.00. The van der Waals surface area contributed by atoms with E-state index in [0.29, 0.717) is 6.61 Å². The third-order valence-electron chi connectivity index (χ3n) is 3.53. The van der Waals surface area contributed by atoms with E-state index >= 15 is 0 Å². The molecular formula is C12H20O6. The first-order chi connectivity index (χ1) is 8.23. The van der Waals surface area contributed by atoms with Crippen molar-refractivity contribution < 1.29 is 28.8 Å². The summed E-state index contributed by atoms with van der Waals surface area (Å²) < 4.78 is 28.3. The van der Waals surface area contributed by atoms with E-state index in [4.69, 9.17) is 23.7 Å². The molecule has 4 atom stereocenters. The van der Waals surface area contributed by atoms with Crippen LogP contribution in [0.1, 0.15) is 27.7 Å². The Morgan fingerprint density at radius 3 is 2.33 bits per heavy atom. The number of fused-ring (bicyclic) bond motifs is 1. The minimum Gasteiger partial charge on any atom is -0.385 e. The van der Waals surface area contributed by atoms with E-state index < -0.39 is 29.6 Å². The van der Waals surface area contributed by atoms with E-state index in [9.17, 15) is 5.11 Å². The van der Waals surface area contributed by atoms with Crippen molar-refractivity contribution in [3.8, 4) is 0 Å². The summed E-state index contributed by atoms with van der Waals surface area (Å²) in [7, 11) is 0. The summed E-state index contributed by atoms with van der Waals surface area (Å²) in [6.07, 6.45) is -1.66. The van der Waals surface area contributed by atoms with Crippen LogP contribution in [0.3, 0.4) is 0 Å². The van der Waals surface area contributed by atoms with Gasteiger partial charge in [0, 0.05) is 0 Å². The number of aliphatic hydroxyl groups is 1. The molecule has 0 radical (unpaired) electrons. The quantitative estimate of drug-likeness (QED) is 0.679. The normalized spacial score (nSPS) is 49.5. The lowest BCUT2D eigenvalue weighted by Gasteiger charge is -2.37. The average molecular weight is 260 g/mol.